The van der Waals surface area contributed by atoms with E-state index in [1.54, 1.807) is 12.1 Å². The van der Waals surface area contributed by atoms with Gasteiger partial charge in [-0.05, 0) is 31.5 Å². The normalized spacial score (nSPS) is 24.6. The van der Waals surface area contributed by atoms with E-state index in [2.05, 4.69) is 0 Å². The molecule has 1 aromatic rings. The lowest BCUT2D eigenvalue weighted by molar-refractivity contribution is -0.000769. The fraction of sp³-hybridized carbons (Fsp3) is 0.364. The third-order valence-corrected chi connectivity index (χ3v) is 3.00. The number of fused-ring (bicyclic) bond motifs is 1. The van der Waals surface area contributed by atoms with Gasteiger partial charge in [0.15, 0.2) is 0 Å². The number of benzene rings is 1. The predicted octanol–water partition coefficient (Wildman–Crippen LogP) is 3.14. The van der Waals surface area contributed by atoms with Crippen molar-refractivity contribution in [3.8, 4) is 0 Å². The topological polar surface area (TPSA) is 26.3 Å². The Balaban J connectivity index is 2.62. The van der Waals surface area contributed by atoms with E-state index in [4.69, 9.17) is 16.3 Å². The quantitative estimate of drug-likeness (QED) is 0.666. The molecular formula is C11H11ClO2. The first-order chi connectivity index (χ1) is 6.57. The molecule has 1 atom stereocenters. The van der Waals surface area contributed by atoms with Crippen molar-refractivity contribution in [3.63, 3.8) is 0 Å². The third kappa shape index (κ3) is 1.22. The Hall–Kier alpha value is -1.02. The molecule has 14 heavy (non-hydrogen) atoms. The van der Waals surface area contributed by atoms with E-state index in [0.29, 0.717) is 10.6 Å². The SMILES string of the molecule is CC[C@]1(C)OC(=O)c2ccc(Cl)cc21. The van der Waals surface area contributed by atoms with Crippen molar-refractivity contribution in [2.24, 2.45) is 0 Å². The van der Waals surface area contributed by atoms with Crippen molar-refractivity contribution in [1.29, 1.82) is 0 Å². The summed E-state index contributed by atoms with van der Waals surface area (Å²) >= 11 is 5.89. The zero-order valence-corrected chi connectivity index (χ0v) is 8.89. The number of hydrogen-bond donors (Lipinski definition) is 0. The van der Waals surface area contributed by atoms with E-state index in [-0.39, 0.29) is 5.97 Å². The van der Waals surface area contributed by atoms with Crippen molar-refractivity contribution >= 4 is 17.6 Å². The first-order valence-corrected chi connectivity index (χ1v) is 4.98. The molecular weight excluding hydrogens is 200 g/mol. The standard InChI is InChI=1S/C11H11ClO2/c1-3-11(2)9-6-7(12)4-5-8(9)10(13)14-11/h4-6H,3H2,1-2H3/t11-/m0/s1. The van der Waals surface area contributed by atoms with Gasteiger partial charge in [-0.1, -0.05) is 18.5 Å². The maximum atomic E-state index is 11.5. The van der Waals surface area contributed by atoms with Gasteiger partial charge in [0, 0.05) is 10.6 Å². The largest absolute Gasteiger partial charge is 0.451 e. The van der Waals surface area contributed by atoms with Crippen LogP contribution < -0.4 is 0 Å². The minimum absolute atomic E-state index is 0.249. The number of ether oxygens (including phenoxy) is 1. The van der Waals surface area contributed by atoms with Gasteiger partial charge in [0.1, 0.15) is 5.60 Å². The van der Waals surface area contributed by atoms with E-state index in [9.17, 15) is 4.79 Å². The molecule has 0 spiro atoms. The highest BCUT2D eigenvalue weighted by Gasteiger charge is 2.40. The molecule has 1 aliphatic heterocycles. The predicted molar refractivity (Wildman–Crippen MR) is 54.5 cm³/mol. The zero-order valence-electron chi connectivity index (χ0n) is 8.13. The van der Waals surface area contributed by atoms with E-state index >= 15 is 0 Å². The van der Waals surface area contributed by atoms with Crippen molar-refractivity contribution in [1.82, 2.24) is 0 Å². The minimum Gasteiger partial charge on any atom is -0.451 e. The molecule has 0 aromatic heterocycles. The molecule has 0 saturated carbocycles. The molecule has 1 heterocycles. The van der Waals surface area contributed by atoms with Crippen molar-refractivity contribution < 1.29 is 9.53 Å². The Morgan fingerprint density at radius 2 is 2.21 bits per heavy atom. The van der Waals surface area contributed by atoms with Crippen LogP contribution in [0.1, 0.15) is 36.2 Å². The van der Waals surface area contributed by atoms with Gasteiger partial charge in [-0.3, -0.25) is 0 Å². The Morgan fingerprint density at radius 1 is 1.50 bits per heavy atom. The summed E-state index contributed by atoms with van der Waals surface area (Å²) in [5.74, 6) is -0.249. The van der Waals surface area contributed by atoms with Gasteiger partial charge in [-0.25, -0.2) is 4.79 Å². The molecule has 0 saturated heterocycles. The number of carbonyl (C=O) groups is 1. The van der Waals surface area contributed by atoms with Crippen LogP contribution in [-0.2, 0) is 10.3 Å². The van der Waals surface area contributed by atoms with E-state index in [1.807, 2.05) is 19.9 Å². The van der Waals surface area contributed by atoms with Crippen LogP contribution in [0.25, 0.3) is 0 Å². The highest BCUT2D eigenvalue weighted by Crippen LogP contribution is 2.39. The molecule has 3 heteroatoms. The summed E-state index contributed by atoms with van der Waals surface area (Å²) < 4.78 is 5.33. The Bertz CT molecular complexity index is 400. The van der Waals surface area contributed by atoms with Crippen LogP contribution in [0.2, 0.25) is 5.02 Å². The molecule has 0 amide bonds. The molecule has 1 aromatic carbocycles. The number of cyclic esters (lactones) is 1. The minimum atomic E-state index is -0.503. The number of hydrogen-bond acceptors (Lipinski definition) is 2. The second-order valence-corrected chi connectivity index (χ2v) is 4.10. The van der Waals surface area contributed by atoms with E-state index < -0.39 is 5.60 Å². The first kappa shape index (κ1) is 9.53. The highest BCUT2D eigenvalue weighted by atomic mass is 35.5. The highest BCUT2D eigenvalue weighted by molar-refractivity contribution is 6.30. The van der Waals surface area contributed by atoms with Crippen LogP contribution in [-0.4, -0.2) is 5.97 Å². The fourth-order valence-corrected chi connectivity index (χ4v) is 1.88. The average molecular weight is 211 g/mol. The van der Waals surface area contributed by atoms with Crippen LogP contribution in [0.15, 0.2) is 18.2 Å². The lowest BCUT2D eigenvalue weighted by atomic mass is 9.92. The molecule has 1 aliphatic rings. The van der Waals surface area contributed by atoms with Crippen molar-refractivity contribution in [2.45, 2.75) is 25.9 Å². The molecule has 0 aliphatic carbocycles. The molecule has 2 nitrogen and oxygen atoms in total. The lowest BCUT2D eigenvalue weighted by Crippen LogP contribution is -2.20. The maximum Gasteiger partial charge on any atom is 0.339 e. The molecule has 0 unspecified atom stereocenters. The van der Waals surface area contributed by atoms with Gasteiger partial charge in [0.2, 0.25) is 0 Å². The summed E-state index contributed by atoms with van der Waals surface area (Å²) in [5, 5.41) is 0.640. The number of esters is 1. The van der Waals surface area contributed by atoms with Crippen LogP contribution in [0.4, 0.5) is 0 Å². The maximum absolute atomic E-state index is 11.5. The number of carbonyl (C=O) groups excluding carboxylic acids is 1. The molecule has 0 bridgehead atoms. The third-order valence-electron chi connectivity index (χ3n) is 2.76. The Morgan fingerprint density at radius 3 is 2.86 bits per heavy atom. The van der Waals surface area contributed by atoms with Gasteiger partial charge in [-0.2, -0.15) is 0 Å². The Kier molecular flexibility index (Phi) is 2.04. The van der Waals surface area contributed by atoms with Crippen LogP contribution >= 0.6 is 11.6 Å². The van der Waals surface area contributed by atoms with Gasteiger partial charge < -0.3 is 4.74 Å². The molecule has 0 radical (unpaired) electrons. The molecule has 0 N–H and O–H groups in total. The number of halogens is 1. The van der Waals surface area contributed by atoms with Crippen LogP contribution in [0, 0.1) is 0 Å². The fourth-order valence-electron chi connectivity index (χ4n) is 1.71. The number of rotatable bonds is 1. The van der Waals surface area contributed by atoms with Gasteiger partial charge >= 0.3 is 5.97 Å². The molecule has 74 valence electrons. The smallest absolute Gasteiger partial charge is 0.339 e. The van der Waals surface area contributed by atoms with E-state index in [1.165, 1.54) is 0 Å². The first-order valence-electron chi connectivity index (χ1n) is 4.60. The van der Waals surface area contributed by atoms with Crippen LogP contribution in [0.3, 0.4) is 0 Å². The summed E-state index contributed by atoms with van der Waals surface area (Å²) in [4.78, 5) is 11.5. The summed E-state index contributed by atoms with van der Waals surface area (Å²) in [5.41, 5.74) is 1.04. The van der Waals surface area contributed by atoms with E-state index in [0.717, 1.165) is 12.0 Å². The molecule has 0 fully saturated rings. The van der Waals surface area contributed by atoms with Crippen molar-refractivity contribution in [2.75, 3.05) is 0 Å². The second kappa shape index (κ2) is 2.99. The lowest BCUT2D eigenvalue weighted by Gasteiger charge is -2.21. The summed E-state index contributed by atoms with van der Waals surface area (Å²) in [6, 6.07) is 5.25. The molecule has 2 rings (SSSR count). The summed E-state index contributed by atoms with van der Waals surface area (Å²) in [7, 11) is 0. The Labute approximate surface area is 87.8 Å². The van der Waals surface area contributed by atoms with Gasteiger partial charge in [0.25, 0.3) is 0 Å². The van der Waals surface area contributed by atoms with Gasteiger partial charge in [0.05, 0.1) is 5.56 Å². The average Bonchev–Trinajstić information content (AvgIpc) is 2.40. The summed E-state index contributed by atoms with van der Waals surface area (Å²) in [6.45, 7) is 3.90. The van der Waals surface area contributed by atoms with Crippen molar-refractivity contribution in [3.05, 3.63) is 34.3 Å². The zero-order chi connectivity index (χ0) is 10.3. The van der Waals surface area contributed by atoms with Crippen LogP contribution in [0.5, 0.6) is 0 Å². The summed E-state index contributed by atoms with van der Waals surface area (Å²) in [6.07, 6.45) is 0.756. The second-order valence-electron chi connectivity index (χ2n) is 3.66. The van der Waals surface area contributed by atoms with Gasteiger partial charge in [-0.15, -0.1) is 0 Å². The monoisotopic (exact) mass is 210 g/mol.